The number of hydrogen-bond acceptors (Lipinski definition) is 2. The molecule has 5 heteroatoms. The van der Waals surface area contributed by atoms with E-state index in [1.165, 1.54) is 0 Å². The van der Waals surface area contributed by atoms with E-state index < -0.39 is 10.0 Å². The average Bonchev–Trinajstić information content (AvgIpc) is 2.09. The Hall–Kier alpha value is 0.390. The molecule has 3 nitrogen and oxygen atoms in total. The van der Waals surface area contributed by atoms with Gasteiger partial charge in [0.1, 0.15) is 0 Å². The number of halogens is 1. The van der Waals surface area contributed by atoms with Gasteiger partial charge in [0.2, 0.25) is 10.0 Å². The maximum Gasteiger partial charge on any atom is 0.212 e. The van der Waals surface area contributed by atoms with Crippen molar-refractivity contribution in [1.29, 1.82) is 0 Å². The molecule has 0 aromatic heterocycles. The van der Waals surface area contributed by atoms with Crippen molar-refractivity contribution in [2.24, 2.45) is 5.92 Å². The van der Waals surface area contributed by atoms with Crippen molar-refractivity contribution in [3.63, 3.8) is 0 Å². The molecular formula is C10H20BrNO2S. The quantitative estimate of drug-likeness (QED) is 0.765. The van der Waals surface area contributed by atoms with Gasteiger partial charge in [0.15, 0.2) is 0 Å². The summed E-state index contributed by atoms with van der Waals surface area (Å²) in [7, 11) is -3.09. The summed E-state index contributed by atoms with van der Waals surface area (Å²) in [5.41, 5.74) is -0.185. The highest BCUT2D eigenvalue weighted by Gasteiger charge is 2.39. The molecule has 1 aliphatic carbocycles. The predicted molar refractivity (Wildman–Crippen MR) is 66.8 cm³/mol. The average molecular weight is 298 g/mol. The van der Waals surface area contributed by atoms with Crippen molar-refractivity contribution >= 4 is 26.0 Å². The van der Waals surface area contributed by atoms with E-state index in [1.807, 2.05) is 13.8 Å². The lowest BCUT2D eigenvalue weighted by Gasteiger charge is -2.40. The zero-order valence-corrected chi connectivity index (χ0v) is 11.8. The first kappa shape index (κ1) is 13.5. The van der Waals surface area contributed by atoms with E-state index in [4.69, 9.17) is 0 Å². The van der Waals surface area contributed by atoms with Crippen LogP contribution in [0.5, 0.6) is 0 Å². The monoisotopic (exact) mass is 297 g/mol. The van der Waals surface area contributed by atoms with Crippen LogP contribution in [0.4, 0.5) is 0 Å². The number of sulfonamides is 1. The van der Waals surface area contributed by atoms with Gasteiger partial charge in [-0.3, -0.25) is 0 Å². The number of rotatable bonds is 6. The Balaban J connectivity index is 2.48. The molecule has 90 valence electrons. The molecule has 1 saturated carbocycles. The Kier molecular flexibility index (Phi) is 4.62. The summed E-state index contributed by atoms with van der Waals surface area (Å²) in [6, 6.07) is 0. The summed E-state index contributed by atoms with van der Waals surface area (Å²) in [5, 5.41) is 0.723. The molecule has 0 spiro atoms. The van der Waals surface area contributed by atoms with Crippen LogP contribution in [0, 0.1) is 5.92 Å². The molecule has 15 heavy (non-hydrogen) atoms. The smallest absolute Gasteiger partial charge is 0.212 e. The third-order valence-electron chi connectivity index (χ3n) is 2.90. The van der Waals surface area contributed by atoms with Gasteiger partial charge in [-0.15, -0.1) is 0 Å². The highest BCUT2D eigenvalue weighted by molar-refractivity contribution is 9.09. The van der Waals surface area contributed by atoms with Gasteiger partial charge in [-0.25, -0.2) is 13.1 Å². The Labute approximate surface area is 101 Å². The molecule has 0 unspecified atom stereocenters. The van der Waals surface area contributed by atoms with E-state index in [0.29, 0.717) is 5.92 Å². The van der Waals surface area contributed by atoms with Crippen LogP contribution < -0.4 is 4.72 Å². The molecule has 1 rings (SSSR count). The number of hydrogen-bond donors (Lipinski definition) is 1. The summed E-state index contributed by atoms with van der Waals surface area (Å²) in [6.07, 6.45) is 3.77. The van der Waals surface area contributed by atoms with Gasteiger partial charge in [0.25, 0.3) is 0 Å². The van der Waals surface area contributed by atoms with Gasteiger partial charge in [-0.2, -0.15) is 0 Å². The molecular weight excluding hydrogens is 278 g/mol. The summed E-state index contributed by atoms with van der Waals surface area (Å²) < 4.78 is 26.4. The Morgan fingerprint density at radius 2 is 2.00 bits per heavy atom. The van der Waals surface area contributed by atoms with Gasteiger partial charge >= 0.3 is 0 Å². The largest absolute Gasteiger partial charge is 0.212 e. The molecule has 0 heterocycles. The molecule has 0 aromatic rings. The summed E-state index contributed by atoms with van der Waals surface area (Å²) in [6.45, 7) is 4.08. The summed E-state index contributed by atoms with van der Waals surface area (Å²) in [5.74, 6) is 0.683. The maximum absolute atomic E-state index is 11.8. The van der Waals surface area contributed by atoms with E-state index in [0.717, 1.165) is 31.0 Å². The first-order chi connectivity index (χ1) is 6.89. The Morgan fingerprint density at radius 1 is 1.40 bits per heavy atom. The van der Waals surface area contributed by atoms with E-state index >= 15 is 0 Å². The van der Waals surface area contributed by atoms with Crippen molar-refractivity contribution in [3.8, 4) is 0 Å². The van der Waals surface area contributed by atoms with Crippen LogP contribution in [0.1, 0.15) is 39.5 Å². The lowest BCUT2D eigenvalue weighted by Crippen LogP contribution is -2.55. The molecule has 1 N–H and O–H groups in total. The molecule has 0 aromatic carbocycles. The minimum absolute atomic E-state index is 0.185. The first-order valence-electron chi connectivity index (χ1n) is 5.47. The third-order valence-corrected chi connectivity index (χ3v) is 5.49. The van der Waals surface area contributed by atoms with Gasteiger partial charge in [0, 0.05) is 10.9 Å². The molecule has 0 aliphatic heterocycles. The fourth-order valence-electron chi connectivity index (χ4n) is 1.64. The summed E-state index contributed by atoms with van der Waals surface area (Å²) in [4.78, 5) is 0. The zero-order chi connectivity index (χ0) is 11.5. The molecule has 1 aliphatic rings. The highest BCUT2D eigenvalue weighted by atomic mass is 79.9. The SMILES string of the molecule is CC(C)CCS(=O)(=O)NC1(CBr)CCC1. The van der Waals surface area contributed by atoms with Gasteiger partial charge in [-0.1, -0.05) is 29.8 Å². The molecule has 0 radical (unpaired) electrons. The second kappa shape index (κ2) is 5.15. The molecule has 0 saturated heterocycles. The maximum atomic E-state index is 11.8. The van der Waals surface area contributed by atoms with Crippen LogP contribution >= 0.6 is 15.9 Å². The Morgan fingerprint density at radius 3 is 2.33 bits per heavy atom. The van der Waals surface area contributed by atoms with Gasteiger partial charge in [-0.05, 0) is 31.6 Å². The van der Waals surface area contributed by atoms with E-state index in [1.54, 1.807) is 0 Å². The topological polar surface area (TPSA) is 46.2 Å². The van der Waals surface area contributed by atoms with Gasteiger partial charge in [0.05, 0.1) is 5.75 Å². The molecule has 0 atom stereocenters. The lowest BCUT2D eigenvalue weighted by molar-refractivity contribution is 0.256. The standard InChI is InChI=1S/C10H20BrNO2S/c1-9(2)4-7-15(13,14)12-10(8-11)5-3-6-10/h9,12H,3-8H2,1-2H3. The minimum atomic E-state index is -3.09. The van der Waals surface area contributed by atoms with Crippen molar-refractivity contribution in [1.82, 2.24) is 4.72 Å². The van der Waals surface area contributed by atoms with Crippen LogP contribution in [-0.2, 0) is 10.0 Å². The first-order valence-corrected chi connectivity index (χ1v) is 8.24. The van der Waals surface area contributed by atoms with E-state index in [9.17, 15) is 8.42 Å². The second-order valence-electron chi connectivity index (χ2n) is 4.87. The van der Waals surface area contributed by atoms with E-state index in [-0.39, 0.29) is 11.3 Å². The normalized spacial score (nSPS) is 20.3. The fraction of sp³-hybridized carbons (Fsp3) is 1.00. The molecule has 0 amide bonds. The predicted octanol–water partition coefficient (Wildman–Crippen LogP) is 2.27. The van der Waals surface area contributed by atoms with Crippen molar-refractivity contribution in [2.75, 3.05) is 11.1 Å². The zero-order valence-electron chi connectivity index (χ0n) is 9.42. The number of nitrogens with one attached hydrogen (secondary N) is 1. The van der Waals surface area contributed by atoms with Crippen LogP contribution in [0.2, 0.25) is 0 Å². The molecule has 0 bridgehead atoms. The fourth-order valence-corrected chi connectivity index (χ4v) is 4.34. The van der Waals surface area contributed by atoms with Crippen LogP contribution in [0.25, 0.3) is 0 Å². The van der Waals surface area contributed by atoms with Crippen molar-refractivity contribution in [2.45, 2.75) is 45.1 Å². The lowest BCUT2D eigenvalue weighted by atomic mass is 9.80. The van der Waals surface area contributed by atoms with Crippen LogP contribution in [-0.4, -0.2) is 25.0 Å². The number of alkyl halides is 1. The second-order valence-corrected chi connectivity index (χ2v) is 7.27. The Bertz CT molecular complexity index is 291. The van der Waals surface area contributed by atoms with Crippen molar-refractivity contribution < 1.29 is 8.42 Å². The van der Waals surface area contributed by atoms with Crippen LogP contribution in [0.3, 0.4) is 0 Å². The minimum Gasteiger partial charge on any atom is -0.212 e. The highest BCUT2D eigenvalue weighted by Crippen LogP contribution is 2.34. The third kappa shape index (κ3) is 4.04. The van der Waals surface area contributed by atoms with E-state index in [2.05, 4.69) is 20.7 Å². The van der Waals surface area contributed by atoms with Crippen molar-refractivity contribution in [3.05, 3.63) is 0 Å². The molecule has 1 fully saturated rings. The van der Waals surface area contributed by atoms with Crippen LogP contribution in [0.15, 0.2) is 0 Å². The summed E-state index contributed by atoms with van der Waals surface area (Å²) >= 11 is 3.39. The van der Waals surface area contributed by atoms with Gasteiger partial charge < -0.3 is 0 Å².